The molecular weight excluding hydrogens is 346 g/mol. The quantitative estimate of drug-likeness (QED) is 0.588. The molecule has 0 aliphatic carbocycles. The number of hydrogen-bond acceptors (Lipinski definition) is 7. The van der Waals surface area contributed by atoms with Gasteiger partial charge in [0.05, 0.1) is 25.0 Å². The molecule has 2 aromatic rings. The van der Waals surface area contributed by atoms with Gasteiger partial charge in [0.15, 0.2) is 16.7 Å². The van der Waals surface area contributed by atoms with Crippen LogP contribution in [0.5, 0.6) is 0 Å². The number of urea groups is 1. The van der Waals surface area contributed by atoms with Crippen molar-refractivity contribution in [3.8, 4) is 11.6 Å². The number of nitrogens with zero attached hydrogens (tertiary/aromatic N) is 3. The number of aromatic nitrogens is 3. The van der Waals surface area contributed by atoms with E-state index in [4.69, 9.17) is 9.15 Å². The highest BCUT2D eigenvalue weighted by Crippen LogP contribution is 2.25. The summed E-state index contributed by atoms with van der Waals surface area (Å²) in [6, 6.07) is 3.22. The van der Waals surface area contributed by atoms with E-state index in [9.17, 15) is 9.59 Å². The average molecular weight is 363 g/mol. The zero-order chi connectivity index (χ0) is 17.8. The van der Waals surface area contributed by atoms with Crippen LogP contribution in [0.15, 0.2) is 39.2 Å². The molecule has 1 aliphatic rings. The van der Waals surface area contributed by atoms with E-state index < -0.39 is 5.97 Å². The van der Waals surface area contributed by atoms with Crippen molar-refractivity contribution in [2.45, 2.75) is 12.1 Å². The standard InChI is InChI=1S/C15H17N5O4S/c1-3-23-13(21)9-7-16-14(22)17-10(9)8-25-15-19-18-12(20(15)2)11-5-4-6-24-11/h4-6H,3,7-8H2,1-2H3,(H2,16,17,22). The van der Waals surface area contributed by atoms with Gasteiger partial charge in [-0.2, -0.15) is 0 Å². The Balaban J connectivity index is 1.77. The van der Waals surface area contributed by atoms with E-state index in [1.54, 1.807) is 29.9 Å². The number of rotatable bonds is 6. The van der Waals surface area contributed by atoms with Crippen molar-refractivity contribution in [1.82, 2.24) is 25.4 Å². The first-order chi connectivity index (χ1) is 12.1. The molecule has 2 amide bonds. The largest absolute Gasteiger partial charge is 0.463 e. The van der Waals surface area contributed by atoms with E-state index in [1.165, 1.54) is 11.8 Å². The lowest BCUT2D eigenvalue weighted by Crippen LogP contribution is -2.44. The Labute approximate surface area is 147 Å². The maximum Gasteiger partial charge on any atom is 0.337 e. The molecule has 1 aliphatic heterocycles. The third-order valence-corrected chi connectivity index (χ3v) is 4.55. The molecule has 2 N–H and O–H groups in total. The van der Waals surface area contributed by atoms with Crippen LogP contribution in [0.4, 0.5) is 4.79 Å². The van der Waals surface area contributed by atoms with Gasteiger partial charge in [0, 0.05) is 18.5 Å². The third kappa shape index (κ3) is 3.68. The van der Waals surface area contributed by atoms with E-state index in [2.05, 4.69) is 20.8 Å². The number of esters is 1. The molecule has 0 unspecified atom stereocenters. The number of amides is 2. The Hall–Kier alpha value is -2.75. The molecule has 0 saturated carbocycles. The molecule has 3 heterocycles. The fraction of sp³-hybridized carbons (Fsp3) is 0.333. The topological polar surface area (TPSA) is 111 Å². The van der Waals surface area contributed by atoms with Gasteiger partial charge in [-0.15, -0.1) is 10.2 Å². The summed E-state index contributed by atoms with van der Waals surface area (Å²) in [5.41, 5.74) is 0.914. The number of hydrogen-bond donors (Lipinski definition) is 2. The van der Waals surface area contributed by atoms with Crippen molar-refractivity contribution in [1.29, 1.82) is 0 Å². The van der Waals surface area contributed by atoms with Gasteiger partial charge < -0.3 is 24.4 Å². The van der Waals surface area contributed by atoms with Gasteiger partial charge in [-0.25, -0.2) is 9.59 Å². The molecule has 0 fully saturated rings. The average Bonchev–Trinajstić information content (AvgIpc) is 3.23. The first-order valence-corrected chi connectivity index (χ1v) is 8.58. The van der Waals surface area contributed by atoms with E-state index in [0.717, 1.165) is 0 Å². The molecule has 0 atom stereocenters. The molecule has 0 radical (unpaired) electrons. The zero-order valence-electron chi connectivity index (χ0n) is 13.7. The lowest BCUT2D eigenvalue weighted by molar-refractivity contribution is -0.138. The number of ether oxygens (including phenoxy) is 1. The fourth-order valence-electron chi connectivity index (χ4n) is 2.27. The highest BCUT2D eigenvalue weighted by Gasteiger charge is 2.24. The molecule has 2 aromatic heterocycles. The number of nitrogens with one attached hydrogen (secondary N) is 2. The van der Waals surface area contributed by atoms with E-state index in [0.29, 0.717) is 33.8 Å². The Morgan fingerprint density at radius 1 is 1.48 bits per heavy atom. The number of thioether (sulfide) groups is 1. The van der Waals surface area contributed by atoms with Crippen LogP contribution in [0.25, 0.3) is 11.6 Å². The van der Waals surface area contributed by atoms with Crippen molar-refractivity contribution in [2.75, 3.05) is 18.9 Å². The summed E-state index contributed by atoms with van der Waals surface area (Å²) in [5, 5.41) is 14.1. The van der Waals surface area contributed by atoms with E-state index in [1.807, 2.05) is 7.05 Å². The summed E-state index contributed by atoms with van der Waals surface area (Å²) < 4.78 is 12.2. The second-order valence-corrected chi connectivity index (χ2v) is 6.06. The lowest BCUT2D eigenvalue weighted by Gasteiger charge is -2.20. The summed E-state index contributed by atoms with van der Waals surface area (Å²) >= 11 is 1.35. The maximum atomic E-state index is 12.0. The maximum absolute atomic E-state index is 12.0. The zero-order valence-corrected chi connectivity index (χ0v) is 14.6. The first-order valence-electron chi connectivity index (χ1n) is 7.60. The second-order valence-electron chi connectivity index (χ2n) is 5.12. The summed E-state index contributed by atoms with van der Waals surface area (Å²) in [6.07, 6.45) is 1.57. The molecule has 0 bridgehead atoms. The summed E-state index contributed by atoms with van der Waals surface area (Å²) in [5.74, 6) is 1.12. The minimum atomic E-state index is -0.445. The summed E-state index contributed by atoms with van der Waals surface area (Å²) in [7, 11) is 1.82. The van der Waals surface area contributed by atoms with Crippen LogP contribution in [0.2, 0.25) is 0 Å². The van der Waals surface area contributed by atoms with Gasteiger partial charge in [0.1, 0.15) is 0 Å². The van der Waals surface area contributed by atoms with Crippen LogP contribution in [0, 0.1) is 0 Å². The van der Waals surface area contributed by atoms with Crippen molar-refractivity contribution in [3.05, 3.63) is 29.7 Å². The SMILES string of the molecule is CCOC(=O)C1=C(CSc2nnc(-c3ccco3)n2C)NC(=O)NC1. The van der Waals surface area contributed by atoms with Gasteiger partial charge in [0.25, 0.3) is 0 Å². The van der Waals surface area contributed by atoms with Crippen LogP contribution in [0.1, 0.15) is 6.92 Å². The minimum absolute atomic E-state index is 0.136. The molecule has 132 valence electrons. The van der Waals surface area contributed by atoms with Crippen LogP contribution >= 0.6 is 11.8 Å². The van der Waals surface area contributed by atoms with Crippen molar-refractivity contribution < 1.29 is 18.7 Å². The third-order valence-electron chi connectivity index (χ3n) is 3.50. The Kier molecular flexibility index (Phi) is 5.08. The van der Waals surface area contributed by atoms with Crippen molar-refractivity contribution in [2.24, 2.45) is 7.05 Å². The normalized spacial score (nSPS) is 14.2. The Morgan fingerprint density at radius 3 is 3.04 bits per heavy atom. The number of furan rings is 1. The Morgan fingerprint density at radius 2 is 2.32 bits per heavy atom. The van der Waals surface area contributed by atoms with Gasteiger partial charge >= 0.3 is 12.0 Å². The molecule has 0 spiro atoms. The number of carbonyl (C=O) groups excluding carboxylic acids is 2. The molecular formula is C15H17N5O4S. The summed E-state index contributed by atoms with van der Waals surface area (Å²) in [6.45, 7) is 2.14. The van der Waals surface area contributed by atoms with Crippen molar-refractivity contribution in [3.63, 3.8) is 0 Å². The predicted octanol–water partition coefficient (Wildman–Crippen LogP) is 1.30. The number of carbonyl (C=O) groups is 2. The smallest absolute Gasteiger partial charge is 0.337 e. The molecule has 0 saturated heterocycles. The van der Waals surface area contributed by atoms with Gasteiger partial charge in [0.2, 0.25) is 0 Å². The Bertz CT molecular complexity index is 812. The van der Waals surface area contributed by atoms with Crippen LogP contribution in [-0.4, -0.2) is 45.7 Å². The lowest BCUT2D eigenvalue weighted by atomic mass is 10.2. The minimum Gasteiger partial charge on any atom is -0.463 e. The molecule has 0 aromatic carbocycles. The fourth-order valence-corrected chi connectivity index (χ4v) is 3.17. The van der Waals surface area contributed by atoms with Crippen molar-refractivity contribution >= 4 is 23.8 Å². The highest BCUT2D eigenvalue weighted by atomic mass is 32.2. The van der Waals surface area contributed by atoms with Gasteiger partial charge in [-0.05, 0) is 19.1 Å². The molecule has 9 nitrogen and oxygen atoms in total. The first kappa shape index (κ1) is 17.1. The van der Waals surface area contributed by atoms with Crippen LogP contribution < -0.4 is 10.6 Å². The monoisotopic (exact) mass is 363 g/mol. The van der Waals surface area contributed by atoms with Gasteiger partial charge in [-0.3, -0.25) is 0 Å². The summed E-state index contributed by atoms with van der Waals surface area (Å²) in [4.78, 5) is 23.6. The highest BCUT2D eigenvalue weighted by molar-refractivity contribution is 7.99. The molecule has 10 heteroatoms. The van der Waals surface area contributed by atoms with E-state index >= 15 is 0 Å². The second kappa shape index (κ2) is 7.43. The molecule has 25 heavy (non-hydrogen) atoms. The van der Waals surface area contributed by atoms with Gasteiger partial charge in [-0.1, -0.05) is 11.8 Å². The van der Waals surface area contributed by atoms with Crippen LogP contribution in [-0.2, 0) is 16.6 Å². The molecule has 3 rings (SSSR count). The predicted molar refractivity (Wildman–Crippen MR) is 89.6 cm³/mol. The van der Waals surface area contributed by atoms with Crippen LogP contribution in [0.3, 0.4) is 0 Å². The van der Waals surface area contributed by atoms with E-state index in [-0.39, 0.29) is 19.2 Å².